The van der Waals surface area contributed by atoms with Gasteiger partial charge in [0.25, 0.3) is 0 Å². The number of carbonyl (C=O) groups excluding carboxylic acids is 1. The lowest BCUT2D eigenvalue weighted by molar-refractivity contribution is -0.137. The summed E-state index contributed by atoms with van der Waals surface area (Å²) in [6, 6.07) is 11.9. The van der Waals surface area contributed by atoms with Crippen LogP contribution in [0.1, 0.15) is 12.5 Å². The largest absolute Gasteiger partial charge is 0.416 e. The predicted molar refractivity (Wildman–Crippen MR) is 103 cm³/mol. The molecule has 1 amide bonds. The fourth-order valence-corrected chi connectivity index (χ4v) is 2.98. The molecule has 2 N–H and O–H groups in total. The molecular formula is C20H22F3N3O2. The number of morpholine rings is 1. The standard InChI is InChI=1S/C20H22F3N3O2/c1-14(24-16-5-3-2-4-6-16)19(27)25-17-13-15(20(21,22)23)7-8-18(17)26-9-11-28-12-10-26/h2-8,13-14,24H,9-12H2,1H3,(H,25,27). The number of halogens is 3. The molecule has 1 aliphatic heterocycles. The van der Waals surface area contributed by atoms with Crippen molar-refractivity contribution in [3.05, 3.63) is 54.1 Å². The number of rotatable bonds is 5. The van der Waals surface area contributed by atoms with Crippen molar-refractivity contribution in [2.24, 2.45) is 0 Å². The number of hydrogen-bond acceptors (Lipinski definition) is 4. The zero-order valence-electron chi connectivity index (χ0n) is 15.4. The summed E-state index contributed by atoms with van der Waals surface area (Å²) in [5.74, 6) is -0.419. The van der Waals surface area contributed by atoms with Crippen LogP contribution in [0.4, 0.5) is 30.2 Å². The van der Waals surface area contributed by atoms with E-state index in [0.29, 0.717) is 32.0 Å². The highest BCUT2D eigenvalue weighted by atomic mass is 19.4. The maximum absolute atomic E-state index is 13.2. The molecule has 0 radical (unpaired) electrons. The third-order valence-electron chi connectivity index (χ3n) is 4.48. The van der Waals surface area contributed by atoms with E-state index in [2.05, 4.69) is 10.6 Å². The second-order valence-electron chi connectivity index (χ2n) is 6.55. The Morgan fingerprint density at radius 3 is 2.43 bits per heavy atom. The highest BCUT2D eigenvalue weighted by Crippen LogP contribution is 2.35. The molecule has 1 heterocycles. The number of benzene rings is 2. The molecule has 150 valence electrons. The third kappa shape index (κ3) is 4.95. The minimum atomic E-state index is -4.49. The summed E-state index contributed by atoms with van der Waals surface area (Å²) in [5.41, 5.74) is 0.645. The smallest absolute Gasteiger partial charge is 0.378 e. The quantitative estimate of drug-likeness (QED) is 0.807. The van der Waals surface area contributed by atoms with E-state index in [0.717, 1.165) is 17.8 Å². The van der Waals surface area contributed by atoms with Gasteiger partial charge < -0.3 is 20.3 Å². The second kappa shape index (κ2) is 8.52. The topological polar surface area (TPSA) is 53.6 Å². The van der Waals surface area contributed by atoms with Crippen molar-refractivity contribution in [1.29, 1.82) is 0 Å². The molecule has 1 unspecified atom stereocenters. The fraction of sp³-hybridized carbons (Fsp3) is 0.350. The first-order chi connectivity index (χ1) is 13.3. The number of hydrogen-bond donors (Lipinski definition) is 2. The van der Waals surface area contributed by atoms with Gasteiger partial charge in [0.05, 0.1) is 30.2 Å². The number of amides is 1. The zero-order chi connectivity index (χ0) is 20.1. The van der Waals surface area contributed by atoms with Crippen LogP contribution in [0.25, 0.3) is 0 Å². The molecule has 0 spiro atoms. The maximum Gasteiger partial charge on any atom is 0.416 e. The van der Waals surface area contributed by atoms with Crippen LogP contribution in [0.3, 0.4) is 0 Å². The molecule has 1 saturated heterocycles. The van der Waals surface area contributed by atoms with Crippen LogP contribution in [-0.2, 0) is 15.7 Å². The number of nitrogens with one attached hydrogen (secondary N) is 2. The number of anilines is 3. The van der Waals surface area contributed by atoms with E-state index in [9.17, 15) is 18.0 Å². The maximum atomic E-state index is 13.2. The van der Waals surface area contributed by atoms with E-state index in [1.165, 1.54) is 6.07 Å². The number of carbonyl (C=O) groups is 1. The molecule has 28 heavy (non-hydrogen) atoms. The van der Waals surface area contributed by atoms with Crippen LogP contribution in [-0.4, -0.2) is 38.3 Å². The highest BCUT2D eigenvalue weighted by molar-refractivity contribution is 5.99. The average Bonchev–Trinajstić information content (AvgIpc) is 2.68. The zero-order valence-corrected chi connectivity index (χ0v) is 15.4. The Kier molecular flexibility index (Phi) is 6.08. The Morgan fingerprint density at radius 1 is 1.11 bits per heavy atom. The van der Waals surface area contributed by atoms with Gasteiger partial charge in [0.15, 0.2) is 0 Å². The van der Waals surface area contributed by atoms with Gasteiger partial charge in [-0.2, -0.15) is 13.2 Å². The molecule has 1 fully saturated rings. The number of ether oxygens (including phenoxy) is 1. The molecule has 0 saturated carbocycles. The van der Waals surface area contributed by atoms with Crippen LogP contribution < -0.4 is 15.5 Å². The molecule has 3 rings (SSSR count). The van der Waals surface area contributed by atoms with E-state index < -0.39 is 23.7 Å². The van der Waals surface area contributed by atoms with E-state index in [-0.39, 0.29) is 5.69 Å². The highest BCUT2D eigenvalue weighted by Gasteiger charge is 2.32. The summed E-state index contributed by atoms with van der Waals surface area (Å²) in [6.07, 6.45) is -4.49. The molecule has 5 nitrogen and oxygen atoms in total. The summed E-state index contributed by atoms with van der Waals surface area (Å²) < 4.78 is 44.8. The number of alkyl halides is 3. The van der Waals surface area contributed by atoms with Crippen molar-refractivity contribution in [2.75, 3.05) is 41.8 Å². The van der Waals surface area contributed by atoms with E-state index >= 15 is 0 Å². The normalized spacial score (nSPS) is 15.8. The summed E-state index contributed by atoms with van der Waals surface area (Å²) in [4.78, 5) is 14.5. The average molecular weight is 393 g/mol. The third-order valence-corrected chi connectivity index (χ3v) is 4.48. The second-order valence-corrected chi connectivity index (χ2v) is 6.55. The van der Waals surface area contributed by atoms with Gasteiger partial charge >= 0.3 is 6.18 Å². The van der Waals surface area contributed by atoms with E-state index in [1.54, 1.807) is 6.92 Å². The van der Waals surface area contributed by atoms with Gasteiger partial charge in [-0.25, -0.2) is 0 Å². The Morgan fingerprint density at radius 2 is 1.79 bits per heavy atom. The summed E-state index contributed by atoms with van der Waals surface area (Å²) in [6.45, 7) is 3.73. The molecular weight excluding hydrogens is 371 g/mol. The van der Waals surface area contributed by atoms with Crippen molar-refractivity contribution in [1.82, 2.24) is 0 Å². The number of para-hydroxylation sites is 1. The lowest BCUT2D eigenvalue weighted by atomic mass is 10.1. The Balaban J connectivity index is 1.82. The molecule has 0 bridgehead atoms. The lowest BCUT2D eigenvalue weighted by Crippen LogP contribution is -2.37. The monoisotopic (exact) mass is 393 g/mol. The van der Waals surface area contributed by atoms with E-state index in [4.69, 9.17) is 4.74 Å². The molecule has 1 atom stereocenters. The van der Waals surface area contributed by atoms with Crippen molar-refractivity contribution < 1.29 is 22.7 Å². The molecule has 0 aromatic heterocycles. The van der Waals surface area contributed by atoms with Crippen LogP contribution in [0.2, 0.25) is 0 Å². The van der Waals surface area contributed by atoms with E-state index in [1.807, 2.05) is 35.2 Å². The Labute approximate surface area is 161 Å². The SMILES string of the molecule is CC(Nc1ccccc1)C(=O)Nc1cc(C(F)(F)F)ccc1N1CCOCC1. The van der Waals surface area contributed by atoms with Crippen molar-refractivity contribution in [3.63, 3.8) is 0 Å². The van der Waals surface area contributed by atoms with Gasteiger partial charge in [-0.15, -0.1) is 0 Å². The summed E-state index contributed by atoms with van der Waals surface area (Å²) >= 11 is 0. The molecule has 0 aliphatic carbocycles. The first-order valence-corrected chi connectivity index (χ1v) is 9.01. The van der Waals surface area contributed by atoms with Crippen LogP contribution in [0.5, 0.6) is 0 Å². The van der Waals surface area contributed by atoms with Crippen LogP contribution in [0.15, 0.2) is 48.5 Å². The van der Waals surface area contributed by atoms with Gasteiger partial charge in [0.1, 0.15) is 6.04 Å². The molecule has 8 heteroatoms. The van der Waals surface area contributed by atoms with Crippen LogP contribution in [0, 0.1) is 0 Å². The van der Waals surface area contributed by atoms with Gasteiger partial charge in [0, 0.05) is 18.8 Å². The summed E-state index contributed by atoms with van der Waals surface area (Å²) in [7, 11) is 0. The Bertz CT molecular complexity index is 806. The number of nitrogens with zero attached hydrogens (tertiary/aromatic N) is 1. The van der Waals surface area contributed by atoms with Crippen molar-refractivity contribution in [3.8, 4) is 0 Å². The van der Waals surface area contributed by atoms with Crippen LogP contribution >= 0.6 is 0 Å². The van der Waals surface area contributed by atoms with Gasteiger partial charge in [-0.1, -0.05) is 18.2 Å². The van der Waals surface area contributed by atoms with Gasteiger partial charge in [0.2, 0.25) is 5.91 Å². The molecule has 2 aromatic rings. The van der Waals surface area contributed by atoms with Gasteiger partial charge in [-0.3, -0.25) is 4.79 Å². The molecule has 2 aromatic carbocycles. The minimum absolute atomic E-state index is 0.142. The minimum Gasteiger partial charge on any atom is -0.378 e. The van der Waals surface area contributed by atoms with Gasteiger partial charge in [-0.05, 0) is 37.3 Å². The first-order valence-electron chi connectivity index (χ1n) is 9.01. The lowest BCUT2D eigenvalue weighted by Gasteiger charge is -2.31. The predicted octanol–water partition coefficient (Wildman–Crippen LogP) is 3.98. The first kappa shape index (κ1) is 20.0. The summed E-state index contributed by atoms with van der Waals surface area (Å²) in [5, 5.41) is 5.69. The Hall–Kier alpha value is -2.74. The molecule has 1 aliphatic rings. The van der Waals surface area contributed by atoms with Crippen molar-refractivity contribution >= 4 is 23.0 Å². The fourth-order valence-electron chi connectivity index (χ4n) is 2.98. The van der Waals surface area contributed by atoms with Crippen molar-refractivity contribution in [2.45, 2.75) is 19.1 Å².